The highest BCUT2D eigenvalue weighted by Gasteiger charge is 2.15. The van der Waals surface area contributed by atoms with Gasteiger partial charge < -0.3 is 9.67 Å². The number of nitrogens with zero attached hydrogens (tertiary/aromatic N) is 1. The minimum Gasteiger partial charge on any atom is -0.477 e. The molecule has 0 radical (unpaired) electrons. The maximum atomic E-state index is 11.1. The summed E-state index contributed by atoms with van der Waals surface area (Å²) in [7, 11) is 0. The highest BCUT2D eigenvalue weighted by Crippen LogP contribution is 2.21. The smallest absolute Gasteiger partial charge is 0.352 e. The molecule has 0 saturated heterocycles. The SMILES string of the molecule is CCCCCCC(C)n1cc(I)cc1C(=O)O. The van der Waals surface area contributed by atoms with E-state index in [1.54, 1.807) is 6.07 Å². The molecule has 1 unspecified atom stereocenters. The van der Waals surface area contributed by atoms with Crippen LogP contribution in [0.3, 0.4) is 0 Å². The van der Waals surface area contributed by atoms with Gasteiger partial charge in [0, 0.05) is 15.8 Å². The molecule has 0 aliphatic rings. The normalized spacial score (nSPS) is 12.6. The molecule has 1 atom stereocenters. The molecule has 0 fully saturated rings. The average molecular weight is 349 g/mol. The molecule has 0 spiro atoms. The molecule has 1 aromatic heterocycles. The molecule has 0 aliphatic carbocycles. The van der Waals surface area contributed by atoms with E-state index in [-0.39, 0.29) is 6.04 Å². The predicted octanol–water partition coefficient (Wildman–Crippen LogP) is 4.32. The fraction of sp³-hybridized carbons (Fsp3) is 0.615. The van der Waals surface area contributed by atoms with Crippen molar-refractivity contribution in [1.82, 2.24) is 4.57 Å². The van der Waals surface area contributed by atoms with Crippen LogP contribution in [0, 0.1) is 3.57 Å². The molecule has 4 heteroatoms. The maximum absolute atomic E-state index is 11.1. The Hall–Kier alpha value is -0.520. The zero-order valence-corrected chi connectivity index (χ0v) is 12.6. The lowest BCUT2D eigenvalue weighted by atomic mass is 10.1. The van der Waals surface area contributed by atoms with E-state index in [0.29, 0.717) is 5.69 Å². The van der Waals surface area contributed by atoms with E-state index in [1.165, 1.54) is 25.7 Å². The lowest BCUT2D eigenvalue weighted by molar-refractivity contribution is 0.0682. The average Bonchev–Trinajstić information content (AvgIpc) is 2.66. The molecule has 1 aromatic rings. The molecular formula is C13H20INO2. The summed E-state index contributed by atoms with van der Waals surface area (Å²) < 4.78 is 2.87. The number of unbranched alkanes of at least 4 members (excludes halogenated alkanes) is 3. The van der Waals surface area contributed by atoms with Crippen LogP contribution in [-0.2, 0) is 0 Å². The van der Waals surface area contributed by atoms with Crippen molar-refractivity contribution in [2.75, 3.05) is 0 Å². The van der Waals surface area contributed by atoms with Gasteiger partial charge >= 0.3 is 5.97 Å². The van der Waals surface area contributed by atoms with Crippen LogP contribution in [0.25, 0.3) is 0 Å². The second kappa shape index (κ2) is 7.03. The zero-order chi connectivity index (χ0) is 12.8. The van der Waals surface area contributed by atoms with Crippen LogP contribution in [0.5, 0.6) is 0 Å². The first-order valence-electron chi connectivity index (χ1n) is 6.17. The number of hydrogen-bond acceptors (Lipinski definition) is 1. The Balaban J connectivity index is 2.61. The van der Waals surface area contributed by atoms with Gasteiger partial charge in [0.2, 0.25) is 0 Å². The van der Waals surface area contributed by atoms with Gasteiger partial charge in [-0.1, -0.05) is 32.6 Å². The largest absolute Gasteiger partial charge is 0.477 e. The van der Waals surface area contributed by atoms with Crippen molar-refractivity contribution >= 4 is 28.6 Å². The first-order valence-corrected chi connectivity index (χ1v) is 7.24. The Morgan fingerprint density at radius 2 is 2.18 bits per heavy atom. The third kappa shape index (κ3) is 4.33. The summed E-state index contributed by atoms with van der Waals surface area (Å²) in [6, 6.07) is 1.99. The van der Waals surface area contributed by atoms with Gasteiger partial charge in [-0.15, -0.1) is 0 Å². The van der Waals surface area contributed by atoms with E-state index < -0.39 is 5.97 Å². The summed E-state index contributed by atoms with van der Waals surface area (Å²) in [5, 5.41) is 9.11. The minimum atomic E-state index is -0.840. The van der Waals surface area contributed by atoms with E-state index in [2.05, 4.69) is 36.4 Å². The molecule has 0 saturated carbocycles. The van der Waals surface area contributed by atoms with Crippen LogP contribution in [0.4, 0.5) is 0 Å². The van der Waals surface area contributed by atoms with Gasteiger partial charge in [0.15, 0.2) is 0 Å². The van der Waals surface area contributed by atoms with Crippen molar-refractivity contribution in [2.24, 2.45) is 0 Å². The summed E-state index contributed by atoms with van der Waals surface area (Å²) >= 11 is 2.16. The quantitative estimate of drug-likeness (QED) is 0.588. The van der Waals surface area contributed by atoms with Gasteiger partial charge in [0.25, 0.3) is 0 Å². The molecule has 0 bridgehead atoms. The van der Waals surface area contributed by atoms with Crippen molar-refractivity contribution in [3.63, 3.8) is 0 Å². The van der Waals surface area contributed by atoms with E-state index >= 15 is 0 Å². The summed E-state index contributed by atoms with van der Waals surface area (Å²) in [6.45, 7) is 4.29. The monoisotopic (exact) mass is 349 g/mol. The van der Waals surface area contributed by atoms with Crippen LogP contribution >= 0.6 is 22.6 Å². The molecule has 0 amide bonds. The van der Waals surface area contributed by atoms with Crippen LogP contribution in [-0.4, -0.2) is 15.6 Å². The Labute approximate surface area is 116 Å². The summed E-state index contributed by atoms with van der Waals surface area (Å²) in [6.07, 6.45) is 7.88. The molecular weight excluding hydrogens is 329 g/mol. The number of carboxylic acids is 1. The van der Waals surface area contributed by atoms with Gasteiger partial charge in [-0.2, -0.15) is 0 Å². The van der Waals surface area contributed by atoms with Gasteiger partial charge in [-0.25, -0.2) is 4.79 Å². The molecule has 17 heavy (non-hydrogen) atoms. The van der Waals surface area contributed by atoms with Crippen LogP contribution in [0.2, 0.25) is 0 Å². The second-order valence-corrected chi connectivity index (χ2v) is 5.70. The van der Waals surface area contributed by atoms with Gasteiger partial charge in [0.1, 0.15) is 5.69 Å². The fourth-order valence-electron chi connectivity index (χ4n) is 1.99. The van der Waals surface area contributed by atoms with Crippen molar-refractivity contribution < 1.29 is 9.90 Å². The van der Waals surface area contributed by atoms with Crippen LogP contribution in [0.1, 0.15) is 62.5 Å². The summed E-state index contributed by atoms with van der Waals surface area (Å²) in [5.41, 5.74) is 0.400. The van der Waals surface area contributed by atoms with Crippen LogP contribution < -0.4 is 0 Å². The molecule has 96 valence electrons. The standard InChI is InChI=1S/C13H20INO2/c1-3-4-5-6-7-10(2)15-9-11(14)8-12(15)13(16)17/h8-10H,3-7H2,1-2H3,(H,16,17). The maximum Gasteiger partial charge on any atom is 0.352 e. The molecule has 1 N–H and O–H groups in total. The van der Waals surface area contributed by atoms with Crippen LogP contribution in [0.15, 0.2) is 12.3 Å². The number of aromatic nitrogens is 1. The van der Waals surface area contributed by atoms with E-state index in [9.17, 15) is 4.79 Å². The lowest BCUT2D eigenvalue weighted by Crippen LogP contribution is -2.11. The molecule has 0 aliphatic heterocycles. The Morgan fingerprint density at radius 3 is 2.76 bits per heavy atom. The highest BCUT2D eigenvalue weighted by atomic mass is 127. The topological polar surface area (TPSA) is 42.2 Å². The predicted molar refractivity (Wildman–Crippen MR) is 77.6 cm³/mol. The number of hydrogen-bond donors (Lipinski definition) is 1. The third-order valence-electron chi connectivity index (χ3n) is 2.98. The molecule has 3 nitrogen and oxygen atoms in total. The molecule has 0 aromatic carbocycles. The van der Waals surface area contributed by atoms with Gasteiger partial charge in [-0.05, 0) is 42.0 Å². The van der Waals surface area contributed by atoms with Crippen molar-refractivity contribution in [3.05, 3.63) is 21.5 Å². The van der Waals surface area contributed by atoms with E-state index in [0.717, 1.165) is 9.99 Å². The summed E-state index contributed by atoms with van der Waals surface area (Å²) in [4.78, 5) is 11.1. The third-order valence-corrected chi connectivity index (χ3v) is 3.57. The molecule has 1 rings (SSSR count). The summed E-state index contributed by atoms with van der Waals surface area (Å²) in [5.74, 6) is -0.840. The number of halogens is 1. The Morgan fingerprint density at radius 1 is 1.47 bits per heavy atom. The number of aromatic carboxylic acids is 1. The van der Waals surface area contributed by atoms with Gasteiger partial charge in [0.05, 0.1) is 0 Å². The first kappa shape index (κ1) is 14.5. The molecule has 1 heterocycles. The van der Waals surface area contributed by atoms with E-state index in [1.807, 2.05) is 10.8 Å². The minimum absolute atomic E-state index is 0.265. The Bertz CT molecular complexity index is 373. The van der Waals surface area contributed by atoms with Crippen molar-refractivity contribution in [1.29, 1.82) is 0 Å². The second-order valence-electron chi connectivity index (χ2n) is 4.45. The Kier molecular flexibility index (Phi) is 6.02. The first-order chi connectivity index (χ1) is 8.06. The fourth-order valence-corrected chi connectivity index (χ4v) is 2.58. The number of carboxylic acid groups (broad SMARTS) is 1. The number of carbonyl (C=O) groups is 1. The number of rotatable bonds is 7. The van der Waals surface area contributed by atoms with Crippen molar-refractivity contribution in [3.8, 4) is 0 Å². The lowest BCUT2D eigenvalue weighted by Gasteiger charge is -2.15. The van der Waals surface area contributed by atoms with Crippen molar-refractivity contribution in [2.45, 2.75) is 52.0 Å². The zero-order valence-electron chi connectivity index (χ0n) is 10.4. The van der Waals surface area contributed by atoms with E-state index in [4.69, 9.17) is 5.11 Å². The highest BCUT2D eigenvalue weighted by molar-refractivity contribution is 14.1. The van der Waals surface area contributed by atoms with Gasteiger partial charge in [-0.3, -0.25) is 0 Å².